The number of carbonyl (C=O) groups excluding carboxylic acids is 1. The molecule has 0 aliphatic carbocycles. The first-order valence-corrected chi connectivity index (χ1v) is 6.01. The van der Waals surface area contributed by atoms with E-state index in [1.54, 1.807) is 11.8 Å². The second-order valence-corrected chi connectivity index (χ2v) is 5.51. The van der Waals surface area contributed by atoms with Crippen molar-refractivity contribution in [1.29, 1.82) is 0 Å². The molecule has 5 nitrogen and oxygen atoms in total. The number of hydrogen-bond donors (Lipinski definition) is 2. The van der Waals surface area contributed by atoms with Crippen molar-refractivity contribution >= 4 is 6.09 Å². The van der Waals surface area contributed by atoms with Gasteiger partial charge < -0.3 is 20.5 Å². The zero-order valence-electron chi connectivity index (χ0n) is 11.6. The molecule has 102 valence electrons. The molecule has 0 saturated carbocycles. The minimum atomic E-state index is -0.935. The average molecular weight is 246 g/mol. The molecule has 0 radical (unpaired) electrons. The smallest absolute Gasteiger partial charge is 0.410 e. The maximum absolute atomic E-state index is 11.8. The first-order chi connectivity index (χ1) is 7.61. The minimum Gasteiger partial charge on any atom is -0.444 e. The van der Waals surface area contributed by atoms with E-state index in [-0.39, 0.29) is 12.6 Å². The van der Waals surface area contributed by atoms with E-state index in [1.807, 2.05) is 27.7 Å². The molecule has 5 heteroatoms. The molecule has 0 bridgehead atoms. The SMILES string of the molecule is CCN(CCC(C)(O)CN)C(=O)OC(C)(C)C. The van der Waals surface area contributed by atoms with Gasteiger partial charge in [-0.05, 0) is 41.0 Å². The fourth-order valence-corrected chi connectivity index (χ4v) is 1.18. The summed E-state index contributed by atoms with van der Waals surface area (Å²) < 4.78 is 5.26. The molecule has 0 aromatic carbocycles. The van der Waals surface area contributed by atoms with Crippen LogP contribution in [0.5, 0.6) is 0 Å². The van der Waals surface area contributed by atoms with Crippen LogP contribution in [0.25, 0.3) is 0 Å². The van der Waals surface area contributed by atoms with Crippen LogP contribution in [0, 0.1) is 0 Å². The topological polar surface area (TPSA) is 75.8 Å². The van der Waals surface area contributed by atoms with Gasteiger partial charge in [0.2, 0.25) is 0 Å². The van der Waals surface area contributed by atoms with Gasteiger partial charge >= 0.3 is 6.09 Å². The van der Waals surface area contributed by atoms with E-state index >= 15 is 0 Å². The van der Waals surface area contributed by atoms with Gasteiger partial charge in [0.15, 0.2) is 0 Å². The second-order valence-electron chi connectivity index (χ2n) is 5.51. The van der Waals surface area contributed by atoms with E-state index in [2.05, 4.69) is 0 Å². The van der Waals surface area contributed by atoms with Crippen molar-refractivity contribution in [1.82, 2.24) is 4.90 Å². The van der Waals surface area contributed by atoms with Gasteiger partial charge in [0, 0.05) is 19.6 Å². The molecule has 1 atom stereocenters. The summed E-state index contributed by atoms with van der Waals surface area (Å²) in [5.74, 6) is 0. The Morgan fingerprint density at radius 2 is 1.88 bits per heavy atom. The van der Waals surface area contributed by atoms with Crippen molar-refractivity contribution in [2.24, 2.45) is 5.73 Å². The van der Waals surface area contributed by atoms with E-state index in [0.717, 1.165) is 0 Å². The van der Waals surface area contributed by atoms with E-state index < -0.39 is 11.2 Å². The van der Waals surface area contributed by atoms with Crippen LogP contribution >= 0.6 is 0 Å². The Bertz CT molecular complexity index is 247. The molecule has 0 aromatic heterocycles. The molecule has 1 amide bonds. The van der Waals surface area contributed by atoms with Crippen molar-refractivity contribution in [2.45, 2.75) is 52.2 Å². The molecule has 0 rings (SSSR count). The normalized spacial score (nSPS) is 15.2. The van der Waals surface area contributed by atoms with E-state index in [4.69, 9.17) is 10.5 Å². The van der Waals surface area contributed by atoms with Crippen LogP contribution in [-0.4, -0.2) is 46.9 Å². The summed E-state index contributed by atoms with van der Waals surface area (Å²) in [5.41, 5.74) is 3.99. The van der Waals surface area contributed by atoms with Gasteiger partial charge in [-0.1, -0.05) is 0 Å². The monoisotopic (exact) mass is 246 g/mol. The Labute approximate surface area is 104 Å². The first-order valence-electron chi connectivity index (χ1n) is 6.01. The third-order valence-corrected chi connectivity index (χ3v) is 2.39. The van der Waals surface area contributed by atoms with Crippen LogP contribution in [-0.2, 0) is 4.74 Å². The number of amides is 1. The van der Waals surface area contributed by atoms with Gasteiger partial charge in [0.1, 0.15) is 5.60 Å². The third kappa shape index (κ3) is 7.18. The highest BCUT2D eigenvalue weighted by atomic mass is 16.6. The molecule has 17 heavy (non-hydrogen) atoms. The number of nitrogens with zero attached hydrogens (tertiary/aromatic N) is 1. The molecule has 0 saturated heterocycles. The maximum Gasteiger partial charge on any atom is 0.410 e. The molecule has 0 fully saturated rings. The highest BCUT2D eigenvalue weighted by Crippen LogP contribution is 2.12. The molecule has 1 unspecified atom stereocenters. The Kier molecular flexibility index (Phi) is 5.92. The van der Waals surface area contributed by atoms with Crippen LogP contribution in [0.15, 0.2) is 0 Å². The summed E-state index contributed by atoms with van der Waals surface area (Å²) in [6, 6.07) is 0. The maximum atomic E-state index is 11.8. The van der Waals surface area contributed by atoms with Crippen LogP contribution in [0.4, 0.5) is 4.79 Å². The van der Waals surface area contributed by atoms with Crippen molar-refractivity contribution in [2.75, 3.05) is 19.6 Å². The summed E-state index contributed by atoms with van der Waals surface area (Å²) in [6.07, 6.45) is 0.0872. The fraction of sp³-hybridized carbons (Fsp3) is 0.917. The van der Waals surface area contributed by atoms with E-state index in [0.29, 0.717) is 19.5 Å². The summed E-state index contributed by atoms with van der Waals surface area (Å²) in [6.45, 7) is 10.2. The number of rotatable bonds is 5. The third-order valence-electron chi connectivity index (χ3n) is 2.39. The second kappa shape index (κ2) is 6.21. The Morgan fingerprint density at radius 1 is 1.35 bits per heavy atom. The van der Waals surface area contributed by atoms with Gasteiger partial charge in [-0.2, -0.15) is 0 Å². The van der Waals surface area contributed by atoms with Crippen LogP contribution in [0.3, 0.4) is 0 Å². The van der Waals surface area contributed by atoms with Crippen molar-refractivity contribution in [3.63, 3.8) is 0 Å². The van der Waals surface area contributed by atoms with Gasteiger partial charge in [0.05, 0.1) is 5.60 Å². The number of hydrogen-bond acceptors (Lipinski definition) is 4. The van der Waals surface area contributed by atoms with Crippen molar-refractivity contribution < 1.29 is 14.6 Å². The molecular weight excluding hydrogens is 220 g/mol. The molecule has 0 spiro atoms. The summed E-state index contributed by atoms with van der Waals surface area (Å²) in [7, 11) is 0. The quantitative estimate of drug-likeness (QED) is 0.767. The predicted octanol–water partition coefficient (Wildman–Crippen LogP) is 1.34. The highest BCUT2D eigenvalue weighted by Gasteiger charge is 2.24. The first kappa shape index (κ1) is 16.2. The lowest BCUT2D eigenvalue weighted by molar-refractivity contribution is 0.0147. The lowest BCUT2D eigenvalue weighted by Gasteiger charge is -2.29. The fourth-order valence-electron chi connectivity index (χ4n) is 1.18. The molecule has 0 aliphatic heterocycles. The summed E-state index contributed by atoms with van der Waals surface area (Å²) in [4.78, 5) is 13.4. The minimum absolute atomic E-state index is 0.179. The van der Waals surface area contributed by atoms with Crippen LogP contribution < -0.4 is 5.73 Å². The molecule has 0 aromatic rings. The Hall–Kier alpha value is -0.810. The van der Waals surface area contributed by atoms with Crippen molar-refractivity contribution in [3.05, 3.63) is 0 Å². The van der Waals surface area contributed by atoms with E-state index in [9.17, 15) is 9.90 Å². The number of nitrogens with two attached hydrogens (primary N) is 1. The van der Waals surface area contributed by atoms with Gasteiger partial charge in [-0.3, -0.25) is 0 Å². The molecular formula is C12H26N2O3. The lowest BCUT2D eigenvalue weighted by Crippen LogP contribution is -2.42. The van der Waals surface area contributed by atoms with Gasteiger partial charge in [-0.15, -0.1) is 0 Å². The molecule has 0 heterocycles. The highest BCUT2D eigenvalue weighted by molar-refractivity contribution is 5.68. The summed E-state index contributed by atoms with van der Waals surface area (Å²) >= 11 is 0. The average Bonchev–Trinajstić information content (AvgIpc) is 2.15. The Morgan fingerprint density at radius 3 is 2.24 bits per heavy atom. The number of aliphatic hydroxyl groups is 1. The zero-order valence-corrected chi connectivity index (χ0v) is 11.6. The van der Waals surface area contributed by atoms with Gasteiger partial charge in [0.25, 0.3) is 0 Å². The van der Waals surface area contributed by atoms with E-state index in [1.165, 1.54) is 0 Å². The Balaban J connectivity index is 4.30. The van der Waals surface area contributed by atoms with Gasteiger partial charge in [-0.25, -0.2) is 4.79 Å². The standard InChI is InChI=1S/C12H26N2O3/c1-6-14(8-7-12(5,16)9-13)10(15)17-11(2,3)4/h16H,6-9,13H2,1-5H3. The molecule has 0 aliphatic rings. The zero-order chi connectivity index (χ0) is 13.7. The number of ether oxygens (including phenoxy) is 1. The number of carbonyl (C=O) groups is 1. The summed E-state index contributed by atoms with van der Waals surface area (Å²) in [5, 5.41) is 9.78. The largest absolute Gasteiger partial charge is 0.444 e. The van der Waals surface area contributed by atoms with Crippen LogP contribution in [0.2, 0.25) is 0 Å². The van der Waals surface area contributed by atoms with Crippen molar-refractivity contribution in [3.8, 4) is 0 Å². The molecule has 3 N–H and O–H groups in total. The van der Waals surface area contributed by atoms with Crippen LogP contribution in [0.1, 0.15) is 41.0 Å². The lowest BCUT2D eigenvalue weighted by atomic mass is 10.0. The predicted molar refractivity (Wildman–Crippen MR) is 67.8 cm³/mol.